The van der Waals surface area contributed by atoms with Crippen LogP contribution in [0.1, 0.15) is 117 Å². The molecule has 3 nitrogen and oxygen atoms in total. The van der Waals surface area contributed by atoms with E-state index in [0.29, 0.717) is 0 Å². The van der Waals surface area contributed by atoms with Gasteiger partial charge in [0, 0.05) is 5.41 Å². The fourth-order valence-electron chi connectivity index (χ4n) is 7.35. The molecule has 202 valence electrons. The van der Waals surface area contributed by atoms with Crippen LogP contribution in [0.4, 0.5) is 0 Å². The zero-order chi connectivity index (χ0) is 27.6. The van der Waals surface area contributed by atoms with Crippen molar-refractivity contribution in [3.05, 3.63) is 65.0 Å². The van der Waals surface area contributed by atoms with Crippen molar-refractivity contribution in [3.8, 4) is 0 Å². The van der Waals surface area contributed by atoms with Gasteiger partial charge < -0.3 is 0 Å². The first kappa shape index (κ1) is 26.9. The standard InChI is InChI=1S/C35H48N3/c1-11-16-23(5)35(14-4)22-37-28-21-26(34(9,10)19-12-2)24(13-3)20-29(28)38-31(37)30-25(35)17-15-18-27(30)36-32(38)33(6,7)8/h15,17-18,20-21H,5,11-14,16,19,22H2,1-4,6-10H3/q+1. The zero-order valence-electron chi connectivity index (χ0n) is 25.4. The third kappa shape index (κ3) is 3.75. The Morgan fingerprint density at radius 3 is 2.39 bits per heavy atom. The van der Waals surface area contributed by atoms with Crippen LogP contribution in [0.5, 0.6) is 0 Å². The third-order valence-corrected chi connectivity index (χ3v) is 9.34. The molecule has 3 heteroatoms. The predicted molar refractivity (Wildman–Crippen MR) is 162 cm³/mol. The largest absolute Gasteiger partial charge is 0.298 e. The van der Waals surface area contributed by atoms with Gasteiger partial charge in [0.05, 0.1) is 16.3 Å². The summed E-state index contributed by atoms with van der Waals surface area (Å²) < 4.78 is 5.16. The minimum absolute atomic E-state index is 0.0879. The summed E-state index contributed by atoms with van der Waals surface area (Å²) in [4.78, 5) is 5.41. The second-order valence-electron chi connectivity index (χ2n) is 13.4. The molecule has 5 rings (SSSR count). The fourth-order valence-corrected chi connectivity index (χ4v) is 7.35. The van der Waals surface area contributed by atoms with E-state index < -0.39 is 0 Å². The van der Waals surface area contributed by atoms with E-state index in [2.05, 4.69) is 102 Å². The monoisotopic (exact) mass is 510 g/mol. The Bertz CT molecular complexity index is 1560. The molecule has 4 aromatic rings. The van der Waals surface area contributed by atoms with E-state index in [0.717, 1.165) is 43.6 Å². The Kier molecular flexibility index (Phi) is 6.52. The lowest BCUT2D eigenvalue weighted by Gasteiger charge is -2.37. The Morgan fingerprint density at radius 1 is 1.05 bits per heavy atom. The van der Waals surface area contributed by atoms with Gasteiger partial charge in [0.2, 0.25) is 5.82 Å². The van der Waals surface area contributed by atoms with Gasteiger partial charge in [0.25, 0.3) is 5.65 Å². The molecule has 0 saturated heterocycles. The first-order valence-corrected chi connectivity index (χ1v) is 15.0. The predicted octanol–water partition coefficient (Wildman–Crippen LogP) is 8.88. The summed E-state index contributed by atoms with van der Waals surface area (Å²) in [6.45, 7) is 26.6. The van der Waals surface area contributed by atoms with Crippen molar-refractivity contribution in [2.24, 2.45) is 0 Å². The molecular weight excluding hydrogens is 462 g/mol. The molecule has 2 aromatic heterocycles. The number of hydrogen-bond acceptors (Lipinski definition) is 1. The number of imidazole rings is 1. The van der Waals surface area contributed by atoms with Crippen LogP contribution < -0.4 is 4.57 Å². The lowest BCUT2D eigenvalue weighted by atomic mass is 9.68. The normalized spacial score (nSPS) is 17.8. The Hall–Kier alpha value is -2.68. The SMILES string of the molecule is C=C(CCC)C1(CC)C[n+]2c3cc(C(C)(C)CCC)c(CC)cc3n3c(C(C)(C)C)nc4cccc1c4c32. The minimum atomic E-state index is -0.0917. The van der Waals surface area contributed by atoms with Crippen LogP contribution in [0, 0.1) is 0 Å². The van der Waals surface area contributed by atoms with Gasteiger partial charge in [-0.25, -0.2) is 9.55 Å². The number of fused-ring (bicyclic) bond motifs is 3. The minimum Gasteiger partial charge on any atom is -0.221 e. The maximum Gasteiger partial charge on any atom is 0.298 e. The lowest BCUT2D eigenvalue weighted by Crippen LogP contribution is -2.50. The summed E-state index contributed by atoms with van der Waals surface area (Å²) in [6, 6.07) is 11.8. The number of hydrogen-bond donors (Lipinski definition) is 0. The summed E-state index contributed by atoms with van der Waals surface area (Å²) in [7, 11) is 0. The summed E-state index contributed by atoms with van der Waals surface area (Å²) >= 11 is 0. The smallest absolute Gasteiger partial charge is 0.221 e. The van der Waals surface area contributed by atoms with Crippen molar-refractivity contribution in [1.82, 2.24) is 9.38 Å². The Morgan fingerprint density at radius 2 is 1.79 bits per heavy atom. The highest BCUT2D eigenvalue weighted by Crippen LogP contribution is 2.46. The molecule has 0 amide bonds. The topological polar surface area (TPSA) is 21.2 Å². The number of allylic oxidation sites excluding steroid dienone is 1. The average Bonchev–Trinajstić information content (AvgIpc) is 3.19. The molecule has 1 aliphatic rings. The number of nitrogens with zero attached hydrogens (tertiary/aromatic N) is 3. The fraction of sp³-hybridized carbons (Fsp3) is 0.543. The van der Waals surface area contributed by atoms with Gasteiger partial charge in [-0.2, -0.15) is 4.40 Å². The van der Waals surface area contributed by atoms with Crippen molar-refractivity contribution in [2.45, 2.75) is 124 Å². The van der Waals surface area contributed by atoms with Crippen LogP contribution >= 0.6 is 0 Å². The van der Waals surface area contributed by atoms with Crippen molar-refractivity contribution >= 4 is 27.6 Å². The third-order valence-electron chi connectivity index (χ3n) is 9.34. The average molecular weight is 511 g/mol. The Balaban J connectivity index is 2.02. The van der Waals surface area contributed by atoms with Crippen LogP contribution in [-0.4, -0.2) is 9.38 Å². The molecule has 1 atom stereocenters. The Labute approximate surface area is 230 Å². The molecule has 0 spiro atoms. The van der Waals surface area contributed by atoms with Crippen LogP contribution in [-0.2, 0) is 29.2 Å². The van der Waals surface area contributed by atoms with Gasteiger partial charge in [-0.15, -0.1) is 0 Å². The van der Waals surface area contributed by atoms with Gasteiger partial charge in [0.1, 0.15) is 6.54 Å². The van der Waals surface area contributed by atoms with Crippen LogP contribution in [0.15, 0.2) is 42.5 Å². The number of aromatic nitrogens is 3. The van der Waals surface area contributed by atoms with Crippen LogP contribution in [0.3, 0.4) is 0 Å². The maximum absolute atomic E-state index is 5.41. The zero-order valence-corrected chi connectivity index (χ0v) is 25.4. The van der Waals surface area contributed by atoms with E-state index in [-0.39, 0.29) is 16.2 Å². The highest BCUT2D eigenvalue weighted by atomic mass is 15.2. The van der Waals surface area contributed by atoms with Crippen LogP contribution in [0.2, 0.25) is 0 Å². The second-order valence-corrected chi connectivity index (χ2v) is 13.4. The van der Waals surface area contributed by atoms with Crippen molar-refractivity contribution in [1.29, 1.82) is 0 Å². The molecular formula is C35H48N3+. The van der Waals surface area contributed by atoms with Crippen molar-refractivity contribution in [3.63, 3.8) is 0 Å². The molecule has 0 N–H and O–H groups in total. The summed E-state index contributed by atoms with van der Waals surface area (Å²) in [5.41, 5.74) is 10.8. The van der Waals surface area contributed by atoms with Gasteiger partial charge in [0.15, 0.2) is 11.0 Å². The molecule has 2 aromatic carbocycles. The van der Waals surface area contributed by atoms with Gasteiger partial charge in [-0.3, -0.25) is 0 Å². The first-order chi connectivity index (χ1) is 17.9. The molecule has 1 aliphatic heterocycles. The van der Waals surface area contributed by atoms with Crippen LogP contribution in [0.25, 0.3) is 27.6 Å². The van der Waals surface area contributed by atoms with E-state index in [4.69, 9.17) is 11.6 Å². The van der Waals surface area contributed by atoms with E-state index in [9.17, 15) is 0 Å². The summed E-state index contributed by atoms with van der Waals surface area (Å²) in [5, 5.41) is 1.31. The second kappa shape index (κ2) is 9.21. The van der Waals surface area contributed by atoms with Crippen molar-refractivity contribution in [2.75, 3.05) is 0 Å². The number of rotatable bonds is 8. The van der Waals surface area contributed by atoms with E-state index in [1.165, 1.54) is 57.2 Å². The van der Waals surface area contributed by atoms with Gasteiger partial charge >= 0.3 is 0 Å². The molecule has 0 saturated carbocycles. The maximum atomic E-state index is 5.41. The summed E-state index contributed by atoms with van der Waals surface area (Å²) in [6.07, 6.45) is 6.63. The molecule has 1 unspecified atom stereocenters. The molecule has 3 heterocycles. The van der Waals surface area contributed by atoms with Gasteiger partial charge in [-0.1, -0.05) is 99.4 Å². The quantitative estimate of drug-likeness (QED) is 0.171. The molecule has 0 aliphatic carbocycles. The molecule has 0 fully saturated rings. The highest BCUT2D eigenvalue weighted by molar-refractivity contribution is 5.98. The van der Waals surface area contributed by atoms with E-state index >= 15 is 0 Å². The lowest BCUT2D eigenvalue weighted by molar-refractivity contribution is -0.654. The molecule has 0 radical (unpaired) electrons. The number of benzene rings is 2. The number of aryl methyl sites for hydroxylation is 1. The van der Waals surface area contributed by atoms with E-state index in [1.54, 1.807) is 0 Å². The molecule has 38 heavy (non-hydrogen) atoms. The van der Waals surface area contributed by atoms with E-state index in [1.807, 2.05) is 0 Å². The first-order valence-electron chi connectivity index (χ1n) is 15.0. The highest BCUT2D eigenvalue weighted by Gasteiger charge is 2.45. The molecule has 0 bridgehead atoms. The summed E-state index contributed by atoms with van der Waals surface area (Å²) in [5.74, 6) is 1.14. The van der Waals surface area contributed by atoms with Gasteiger partial charge in [-0.05, 0) is 66.0 Å². The van der Waals surface area contributed by atoms with Crippen molar-refractivity contribution < 1.29 is 4.57 Å².